The molecule has 1 amide bonds. The maximum atomic E-state index is 12.0. The molecule has 1 aromatic carbocycles. The van der Waals surface area contributed by atoms with E-state index in [9.17, 15) is 9.59 Å². The molecule has 0 spiro atoms. The predicted octanol–water partition coefficient (Wildman–Crippen LogP) is 2.58. The molecular formula is C18H19NO4. The molecule has 0 bridgehead atoms. The van der Waals surface area contributed by atoms with Crippen LogP contribution in [-0.4, -0.2) is 24.5 Å². The Balaban J connectivity index is 2.01. The van der Waals surface area contributed by atoms with Gasteiger partial charge >= 0.3 is 5.97 Å². The zero-order chi connectivity index (χ0) is 16.5. The van der Waals surface area contributed by atoms with Gasteiger partial charge in [-0.2, -0.15) is 0 Å². The number of furan rings is 1. The monoisotopic (exact) mass is 313 g/mol. The second-order valence-electron chi connectivity index (χ2n) is 4.85. The number of benzene rings is 1. The molecule has 1 N–H and O–H groups in total. The van der Waals surface area contributed by atoms with Gasteiger partial charge in [-0.05, 0) is 30.7 Å². The first-order valence-corrected chi connectivity index (χ1v) is 7.41. The lowest BCUT2D eigenvalue weighted by Crippen LogP contribution is -2.42. The predicted molar refractivity (Wildman–Crippen MR) is 86.5 cm³/mol. The SMILES string of the molecule is CCOC(=O)C(Cc1ccccc1)NC(=O)/C=C/c1ccco1. The number of esters is 1. The van der Waals surface area contributed by atoms with Crippen LogP contribution in [0.3, 0.4) is 0 Å². The van der Waals surface area contributed by atoms with E-state index in [0.717, 1.165) is 5.56 Å². The maximum absolute atomic E-state index is 12.0. The summed E-state index contributed by atoms with van der Waals surface area (Å²) in [4.78, 5) is 24.0. The number of hydrogen-bond donors (Lipinski definition) is 1. The second kappa shape index (κ2) is 8.58. The van der Waals surface area contributed by atoms with Crippen molar-refractivity contribution in [2.24, 2.45) is 0 Å². The highest BCUT2D eigenvalue weighted by Gasteiger charge is 2.21. The molecule has 0 aliphatic heterocycles. The fourth-order valence-electron chi connectivity index (χ4n) is 2.05. The number of carbonyl (C=O) groups excluding carboxylic acids is 2. The van der Waals surface area contributed by atoms with Gasteiger partial charge in [0, 0.05) is 12.5 Å². The van der Waals surface area contributed by atoms with Gasteiger partial charge < -0.3 is 14.5 Å². The molecule has 1 unspecified atom stereocenters. The number of nitrogens with one attached hydrogen (secondary N) is 1. The zero-order valence-electron chi connectivity index (χ0n) is 12.9. The van der Waals surface area contributed by atoms with Crippen LogP contribution >= 0.6 is 0 Å². The van der Waals surface area contributed by atoms with Crippen LogP contribution in [0.4, 0.5) is 0 Å². The van der Waals surface area contributed by atoms with E-state index in [1.165, 1.54) is 12.3 Å². The minimum absolute atomic E-state index is 0.266. The lowest BCUT2D eigenvalue weighted by atomic mass is 10.1. The van der Waals surface area contributed by atoms with Gasteiger partial charge in [-0.3, -0.25) is 4.79 Å². The molecule has 0 saturated carbocycles. The molecule has 5 heteroatoms. The summed E-state index contributed by atoms with van der Waals surface area (Å²) in [5.74, 6) is -0.262. The Labute approximate surface area is 134 Å². The minimum Gasteiger partial charge on any atom is -0.465 e. The van der Waals surface area contributed by atoms with Gasteiger partial charge in [-0.25, -0.2) is 4.79 Å². The summed E-state index contributed by atoms with van der Waals surface area (Å²) >= 11 is 0. The summed E-state index contributed by atoms with van der Waals surface area (Å²) in [5, 5.41) is 2.67. The highest BCUT2D eigenvalue weighted by Crippen LogP contribution is 2.06. The first-order chi connectivity index (χ1) is 11.2. The van der Waals surface area contributed by atoms with Crippen molar-refractivity contribution in [1.29, 1.82) is 0 Å². The van der Waals surface area contributed by atoms with Gasteiger partial charge in [-0.15, -0.1) is 0 Å². The van der Waals surface area contributed by atoms with Crippen LogP contribution in [0.15, 0.2) is 59.2 Å². The topological polar surface area (TPSA) is 68.5 Å². The smallest absolute Gasteiger partial charge is 0.328 e. The summed E-state index contributed by atoms with van der Waals surface area (Å²) in [6.45, 7) is 2.00. The molecule has 0 fully saturated rings. The van der Waals surface area contributed by atoms with Gasteiger partial charge in [0.2, 0.25) is 5.91 Å². The molecule has 1 heterocycles. The van der Waals surface area contributed by atoms with Crippen LogP contribution in [0.2, 0.25) is 0 Å². The Morgan fingerprint density at radius 2 is 2.00 bits per heavy atom. The van der Waals surface area contributed by atoms with Gasteiger partial charge in [0.25, 0.3) is 0 Å². The van der Waals surface area contributed by atoms with E-state index in [-0.39, 0.29) is 12.5 Å². The van der Waals surface area contributed by atoms with Gasteiger partial charge in [-0.1, -0.05) is 30.3 Å². The maximum Gasteiger partial charge on any atom is 0.328 e. The number of carbonyl (C=O) groups is 2. The number of rotatable bonds is 7. The Morgan fingerprint density at radius 1 is 1.22 bits per heavy atom. The van der Waals surface area contributed by atoms with Crippen LogP contribution in [0.25, 0.3) is 6.08 Å². The molecule has 23 heavy (non-hydrogen) atoms. The van der Waals surface area contributed by atoms with E-state index in [1.807, 2.05) is 30.3 Å². The molecule has 120 valence electrons. The molecule has 0 aliphatic rings. The average molecular weight is 313 g/mol. The number of ether oxygens (including phenoxy) is 1. The van der Waals surface area contributed by atoms with E-state index in [1.54, 1.807) is 25.1 Å². The molecule has 0 saturated heterocycles. The quantitative estimate of drug-likeness (QED) is 0.630. The van der Waals surface area contributed by atoms with Crippen molar-refractivity contribution in [3.8, 4) is 0 Å². The van der Waals surface area contributed by atoms with Gasteiger partial charge in [0.15, 0.2) is 0 Å². The summed E-state index contributed by atoms with van der Waals surface area (Å²) in [5.41, 5.74) is 0.945. The van der Waals surface area contributed by atoms with Crippen molar-refractivity contribution in [2.75, 3.05) is 6.61 Å². The van der Waals surface area contributed by atoms with Crippen molar-refractivity contribution in [2.45, 2.75) is 19.4 Å². The molecule has 1 aromatic heterocycles. The summed E-state index contributed by atoms with van der Waals surface area (Å²) in [6, 6.07) is 12.2. The minimum atomic E-state index is -0.730. The Hall–Kier alpha value is -2.82. The molecule has 0 radical (unpaired) electrons. The molecule has 1 atom stereocenters. The fraction of sp³-hybridized carbons (Fsp3) is 0.222. The van der Waals surface area contributed by atoms with Crippen molar-refractivity contribution in [3.05, 3.63) is 66.1 Å². The molecule has 0 aliphatic carbocycles. The van der Waals surface area contributed by atoms with Gasteiger partial charge in [0.1, 0.15) is 11.8 Å². The summed E-state index contributed by atoms with van der Waals surface area (Å²) in [7, 11) is 0. The average Bonchev–Trinajstić information content (AvgIpc) is 3.07. The van der Waals surface area contributed by atoms with Crippen LogP contribution in [0.5, 0.6) is 0 Å². The Bertz CT molecular complexity index is 647. The molecule has 2 rings (SSSR count). The standard InChI is InChI=1S/C18H19NO4/c1-2-22-18(21)16(13-14-7-4-3-5-8-14)19-17(20)11-10-15-9-6-12-23-15/h3-12,16H,2,13H2,1H3,(H,19,20)/b11-10+. The van der Waals surface area contributed by atoms with E-state index in [0.29, 0.717) is 12.2 Å². The Morgan fingerprint density at radius 3 is 2.65 bits per heavy atom. The van der Waals surface area contributed by atoms with Crippen molar-refractivity contribution >= 4 is 18.0 Å². The second-order valence-corrected chi connectivity index (χ2v) is 4.85. The van der Waals surface area contributed by atoms with Crippen molar-refractivity contribution in [1.82, 2.24) is 5.32 Å². The fourth-order valence-corrected chi connectivity index (χ4v) is 2.05. The van der Waals surface area contributed by atoms with E-state index in [4.69, 9.17) is 9.15 Å². The highest BCUT2D eigenvalue weighted by atomic mass is 16.5. The van der Waals surface area contributed by atoms with Crippen molar-refractivity contribution in [3.63, 3.8) is 0 Å². The summed E-state index contributed by atoms with van der Waals surface area (Å²) in [6.07, 6.45) is 4.77. The normalized spacial score (nSPS) is 12.0. The number of amides is 1. The third kappa shape index (κ3) is 5.47. The van der Waals surface area contributed by atoms with Crippen LogP contribution < -0.4 is 5.32 Å². The molecule has 5 nitrogen and oxygen atoms in total. The first-order valence-electron chi connectivity index (χ1n) is 7.41. The van der Waals surface area contributed by atoms with E-state index in [2.05, 4.69) is 5.32 Å². The lowest BCUT2D eigenvalue weighted by Gasteiger charge is -2.16. The van der Waals surface area contributed by atoms with Crippen molar-refractivity contribution < 1.29 is 18.7 Å². The lowest BCUT2D eigenvalue weighted by molar-refractivity contribution is -0.146. The summed E-state index contributed by atoms with van der Waals surface area (Å²) < 4.78 is 10.1. The molecule has 2 aromatic rings. The largest absolute Gasteiger partial charge is 0.465 e. The molecular weight excluding hydrogens is 294 g/mol. The Kier molecular flexibility index (Phi) is 6.17. The van der Waals surface area contributed by atoms with E-state index < -0.39 is 12.0 Å². The van der Waals surface area contributed by atoms with Gasteiger partial charge in [0.05, 0.1) is 12.9 Å². The van der Waals surface area contributed by atoms with E-state index >= 15 is 0 Å². The third-order valence-corrected chi connectivity index (χ3v) is 3.11. The van der Waals surface area contributed by atoms with Crippen LogP contribution in [0, 0.1) is 0 Å². The van der Waals surface area contributed by atoms with Crippen LogP contribution in [0.1, 0.15) is 18.2 Å². The number of hydrogen-bond acceptors (Lipinski definition) is 4. The first kappa shape index (κ1) is 16.5. The van der Waals surface area contributed by atoms with Crippen LogP contribution in [-0.2, 0) is 20.7 Å². The third-order valence-electron chi connectivity index (χ3n) is 3.11. The highest BCUT2D eigenvalue weighted by molar-refractivity contribution is 5.94. The zero-order valence-corrected chi connectivity index (χ0v) is 12.9.